The van der Waals surface area contributed by atoms with Crippen LogP contribution in [-0.4, -0.2) is 21.1 Å². The SMILES string of the molecule is CC(C)CC(=O)Nc1ccc(S(=O)(=O)NCc2ccc3c(c2)OCO3)cc1. The lowest BCUT2D eigenvalue weighted by atomic mass is 10.1. The molecule has 1 heterocycles. The summed E-state index contributed by atoms with van der Waals surface area (Å²) >= 11 is 0. The highest BCUT2D eigenvalue weighted by molar-refractivity contribution is 7.89. The number of carbonyl (C=O) groups is 1. The van der Waals surface area contributed by atoms with Gasteiger partial charge in [0.05, 0.1) is 4.90 Å². The number of rotatable bonds is 7. The molecule has 0 unspecified atom stereocenters. The lowest BCUT2D eigenvalue weighted by Gasteiger charge is -2.10. The van der Waals surface area contributed by atoms with Crippen molar-refractivity contribution in [2.75, 3.05) is 12.1 Å². The Morgan fingerprint density at radius 1 is 1.07 bits per heavy atom. The summed E-state index contributed by atoms with van der Waals surface area (Å²) in [5, 5.41) is 2.75. The van der Waals surface area contributed by atoms with E-state index in [4.69, 9.17) is 9.47 Å². The summed E-state index contributed by atoms with van der Waals surface area (Å²) < 4.78 is 38.0. The number of benzene rings is 2. The molecule has 0 radical (unpaired) electrons. The van der Waals surface area contributed by atoms with Crippen molar-refractivity contribution in [3.05, 3.63) is 48.0 Å². The molecule has 7 nitrogen and oxygen atoms in total. The van der Waals surface area contributed by atoms with Gasteiger partial charge in [-0.3, -0.25) is 4.79 Å². The van der Waals surface area contributed by atoms with Gasteiger partial charge in [-0.2, -0.15) is 0 Å². The predicted octanol–water partition coefficient (Wildman–Crippen LogP) is 2.88. The Morgan fingerprint density at radius 2 is 1.78 bits per heavy atom. The van der Waals surface area contributed by atoms with Crippen molar-refractivity contribution in [2.45, 2.75) is 31.7 Å². The van der Waals surface area contributed by atoms with Crippen LogP contribution < -0.4 is 19.5 Å². The van der Waals surface area contributed by atoms with Gasteiger partial charge in [0.15, 0.2) is 11.5 Å². The van der Waals surface area contributed by atoms with E-state index in [9.17, 15) is 13.2 Å². The zero-order valence-corrected chi connectivity index (χ0v) is 16.0. The van der Waals surface area contributed by atoms with Gasteiger partial charge in [0.1, 0.15) is 0 Å². The smallest absolute Gasteiger partial charge is 0.240 e. The standard InChI is InChI=1S/C19H22N2O5S/c1-13(2)9-19(22)21-15-4-6-16(7-5-15)27(23,24)20-11-14-3-8-17-18(10-14)26-12-25-17/h3-8,10,13,20H,9,11-12H2,1-2H3,(H,21,22). The monoisotopic (exact) mass is 390 g/mol. The summed E-state index contributed by atoms with van der Waals surface area (Å²) in [5.41, 5.74) is 1.33. The molecule has 0 atom stereocenters. The number of ether oxygens (including phenoxy) is 2. The number of carbonyl (C=O) groups excluding carboxylic acids is 1. The molecule has 144 valence electrons. The maximum Gasteiger partial charge on any atom is 0.240 e. The molecule has 0 bridgehead atoms. The van der Waals surface area contributed by atoms with Gasteiger partial charge in [-0.15, -0.1) is 0 Å². The van der Waals surface area contributed by atoms with E-state index in [0.29, 0.717) is 23.6 Å². The molecule has 3 rings (SSSR count). The van der Waals surface area contributed by atoms with Crippen molar-refractivity contribution in [2.24, 2.45) is 5.92 Å². The quantitative estimate of drug-likeness (QED) is 0.758. The van der Waals surface area contributed by atoms with Crippen LogP contribution in [0.5, 0.6) is 11.5 Å². The molecule has 2 N–H and O–H groups in total. The Labute approximate surface area is 158 Å². The molecular formula is C19H22N2O5S. The molecule has 8 heteroatoms. The summed E-state index contributed by atoms with van der Waals surface area (Å²) in [6.07, 6.45) is 0.414. The molecule has 1 aliphatic rings. The van der Waals surface area contributed by atoms with Crippen molar-refractivity contribution in [1.82, 2.24) is 4.72 Å². The summed E-state index contributed by atoms with van der Waals surface area (Å²) in [4.78, 5) is 11.9. The lowest BCUT2D eigenvalue weighted by molar-refractivity contribution is -0.116. The Morgan fingerprint density at radius 3 is 2.48 bits per heavy atom. The highest BCUT2D eigenvalue weighted by Gasteiger charge is 2.16. The molecule has 0 saturated carbocycles. The molecule has 2 aromatic carbocycles. The van der Waals surface area contributed by atoms with E-state index in [2.05, 4.69) is 10.0 Å². The fraction of sp³-hybridized carbons (Fsp3) is 0.316. The van der Waals surface area contributed by atoms with Gasteiger partial charge >= 0.3 is 0 Å². The third kappa shape index (κ3) is 4.99. The maximum absolute atomic E-state index is 12.5. The Bertz CT molecular complexity index is 924. The number of amides is 1. The molecule has 0 fully saturated rings. The van der Waals surface area contributed by atoms with Crippen molar-refractivity contribution in [1.29, 1.82) is 0 Å². The van der Waals surface area contributed by atoms with E-state index in [1.807, 2.05) is 13.8 Å². The zero-order valence-electron chi connectivity index (χ0n) is 15.2. The van der Waals surface area contributed by atoms with E-state index in [1.165, 1.54) is 12.1 Å². The van der Waals surface area contributed by atoms with Crippen LogP contribution in [0, 0.1) is 5.92 Å². The molecule has 2 aromatic rings. The summed E-state index contributed by atoms with van der Waals surface area (Å²) in [5.74, 6) is 1.41. The average Bonchev–Trinajstić information content (AvgIpc) is 3.07. The van der Waals surface area contributed by atoms with Crippen LogP contribution in [0.3, 0.4) is 0 Å². The number of nitrogens with one attached hydrogen (secondary N) is 2. The van der Waals surface area contributed by atoms with Crippen molar-refractivity contribution in [3.63, 3.8) is 0 Å². The normalized spacial score (nSPS) is 13.0. The van der Waals surface area contributed by atoms with Gasteiger partial charge in [0.2, 0.25) is 22.7 Å². The number of anilines is 1. The van der Waals surface area contributed by atoms with Crippen molar-refractivity contribution in [3.8, 4) is 11.5 Å². The van der Waals surface area contributed by atoms with Crippen LogP contribution in [-0.2, 0) is 21.4 Å². The van der Waals surface area contributed by atoms with Gasteiger partial charge in [-0.05, 0) is 47.9 Å². The van der Waals surface area contributed by atoms with Gasteiger partial charge in [-0.1, -0.05) is 19.9 Å². The maximum atomic E-state index is 12.5. The highest BCUT2D eigenvalue weighted by atomic mass is 32.2. The first-order chi connectivity index (χ1) is 12.8. The summed E-state index contributed by atoms with van der Waals surface area (Å²) in [7, 11) is -3.67. The molecule has 0 spiro atoms. The van der Waals surface area contributed by atoms with Crippen LogP contribution in [0.2, 0.25) is 0 Å². The molecular weight excluding hydrogens is 368 g/mol. The van der Waals surface area contributed by atoms with Crippen LogP contribution in [0.1, 0.15) is 25.8 Å². The second-order valence-electron chi connectivity index (χ2n) is 6.68. The third-order valence-corrected chi connectivity index (χ3v) is 5.36. The van der Waals surface area contributed by atoms with Crippen LogP contribution in [0.4, 0.5) is 5.69 Å². The largest absolute Gasteiger partial charge is 0.454 e. The molecule has 0 saturated heterocycles. The van der Waals surface area contributed by atoms with Crippen LogP contribution in [0.15, 0.2) is 47.4 Å². The number of hydrogen-bond donors (Lipinski definition) is 2. The molecule has 0 aromatic heterocycles. The van der Waals surface area contributed by atoms with E-state index < -0.39 is 10.0 Å². The van der Waals surface area contributed by atoms with Gasteiger partial charge in [-0.25, -0.2) is 13.1 Å². The summed E-state index contributed by atoms with van der Waals surface area (Å²) in [6, 6.07) is 11.4. The number of hydrogen-bond acceptors (Lipinski definition) is 5. The number of fused-ring (bicyclic) bond motifs is 1. The minimum Gasteiger partial charge on any atom is -0.454 e. The fourth-order valence-corrected chi connectivity index (χ4v) is 3.63. The first kappa shape index (κ1) is 19.2. The first-order valence-corrected chi connectivity index (χ1v) is 10.1. The Kier molecular flexibility index (Phi) is 5.67. The van der Waals surface area contributed by atoms with Crippen LogP contribution in [0.25, 0.3) is 0 Å². The zero-order chi connectivity index (χ0) is 19.4. The predicted molar refractivity (Wildman–Crippen MR) is 101 cm³/mol. The van der Waals surface area contributed by atoms with E-state index in [0.717, 1.165) is 5.56 Å². The van der Waals surface area contributed by atoms with Gasteiger partial charge < -0.3 is 14.8 Å². The topological polar surface area (TPSA) is 93.7 Å². The van der Waals surface area contributed by atoms with Crippen LogP contribution >= 0.6 is 0 Å². The van der Waals surface area contributed by atoms with Crippen molar-refractivity contribution >= 4 is 21.6 Å². The molecule has 0 aliphatic carbocycles. The third-order valence-electron chi connectivity index (χ3n) is 3.95. The van der Waals surface area contributed by atoms with E-state index in [-0.39, 0.29) is 30.1 Å². The first-order valence-electron chi connectivity index (χ1n) is 8.61. The second-order valence-corrected chi connectivity index (χ2v) is 8.45. The van der Waals surface area contributed by atoms with Crippen molar-refractivity contribution < 1.29 is 22.7 Å². The highest BCUT2D eigenvalue weighted by Crippen LogP contribution is 2.32. The summed E-state index contributed by atoms with van der Waals surface area (Å²) in [6.45, 7) is 4.22. The fourth-order valence-electron chi connectivity index (χ4n) is 2.61. The molecule has 1 aliphatic heterocycles. The van der Waals surface area contributed by atoms with E-state index >= 15 is 0 Å². The van der Waals surface area contributed by atoms with E-state index in [1.54, 1.807) is 30.3 Å². The Hall–Kier alpha value is -2.58. The molecule has 27 heavy (non-hydrogen) atoms. The number of sulfonamides is 1. The minimum atomic E-state index is -3.67. The average molecular weight is 390 g/mol. The van der Waals surface area contributed by atoms with Gasteiger partial charge in [0, 0.05) is 18.7 Å². The molecule has 1 amide bonds. The van der Waals surface area contributed by atoms with Gasteiger partial charge in [0.25, 0.3) is 0 Å². The minimum absolute atomic E-state index is 0.0958. The Balaban J connectivity index is 1.62. The second kappa shape index (κ2) is 7.98. The lowest BCUT2D eigenvalue weighted by Crippen LogP contribution is -2.23.